The number of aromatic nitrogens is 1. The molecule has 0 radical (unpaired) electrons. The van der Waals surface area contributed by atoms with E-state index in [4.69, 9.17) is 0 Å². The van der Waals surface area contributed by atoms with Crippen molar-refractivity contribution in [2.24, 2.45) is 0 Å². The summed E-state index contributed by atoms with van der Waals surface area (Å²) in [6.07, 6.45) is 3.08. The van der Waals surface area contributed by atoms with Gasteiger partial charge in [-0.1, -0.05) is 12.1 Å². The number of pyridine rings is 1. The number of benzene rings is 2. The van der Waals surface area contributed by atoms with Crippen molar-refractivity contribution in [3.63, 3.8) is 0 Å². The molecule has 0 spiro atoms. The van der Waals surface area contributed by atoms with Crippen LogP contribution < -0.4 is 0 Å². The van der Waals surface area contributed by atoms with Gasteiger partial charge in [0.15, 0.2) is 0 Å². The van der Waals surface area contributed by atoms with Crippen molar-refractivity contribution in [3.8, 4) is 22.3 Å². The Hall–Kier alpha value is -2.62. The van der Waals surface area contributed by atoms with E-state index in [9.17, 15) is 13.2 Å². The number of nitrogens with zero attached hydrogens (tertiary/aromatic N) is 1. The van der Waals surface area contributed by atoms with Gasteiger partial charge in [0.05, 0.1) is 0 Å². The zero-order valence-electron chi connectivity index (χ0n) is 11.8. The van der Waals surface area contributed by atoms with E-state index in [-0.39, 0.29) is 11.4 Å². The molecule has 3 aromatic rings. The molecule has 0 saturated carbocycles. The fourth-order valence-electron chi connectivity index (χ4n) is 2.33. The smallest absolute Gasteiger partial charge is 0.129 e. The highest BCUT2D eigenvalue weighted by Gasteiger charge is 2.12. The standard InChI is InChI=1S/C18H12F3N/c1-11-17(20)8-13(9-18(11)21)16-10-22-6-5-15(16)12-3-2-4-14(19)7-12/h2-10H,1H3. The van der Waals surface area contributed by atoms with Crippen molar-refractivity contribution in [1.29, 1.82) is 0 Å². The third-order valence-corrected chi connectivity index (χ3v) is 3.55. The lowest BCUT2D eigenvalue weighted by atomic mass is 9.95. The number of halogens is 3. The van der Waals surface area contributed by atoms with Gasteiger partial charge in [-0.05, 0) is 53.9 Å². The van der Waals surface area contributed by atoms with Gasteiger partial charge < -0.3 is 0 Å². The van der Waals surface area contributed by atoms with Crippen molar-refractivity contribution in [1.82, 2.24) is 4.98 Å². The molecule has 0 saturated heterocycles. The molecule has 0 bridgehead atoms. The molecule has 3 rings (SSSR count). The fraction of sp³-hybridized carbons (Fsp3) is 0.0556. The Morgan fingerprint density at radius 3 is 2.23 bits per heavy atom. The Morgan fingerprint density at radius 2 is 1.55 bits per heavy atom. The van der Waals surface area contributed by atoms with E-state index in [1.807, 2.05) is 0 Å². The van der Waals surface area contributed by atoms with E-state index in [1.165, 1.54) is 37.4 Å². The van der Waals surface area contributed by atoms with Crippen molar-refractivity contribution in [2.75, 3.05) is 0 Å². The van der Waals surface area contributed by atoms with Gasteiger partial charge in [-0.2, -0.15) is 0 Å². The van der Waals surface area contributed by atoms with Crippen LogP contribution in [0.15, 0.2) is 54.9 Å². The van der Waals surface area contributed by atoms with Crippen LogP contribution in [-0.4, -0.2) is 4.98 Å². The zero-order valence-corrected chi connectivity index (χ0v) is 11.8. The second-order valence-electron chi connectivity index (χ2n) is 5.00. The molecule has 0 N–H and O–H groups in total. The molecular weight excluding hydrogens is 287 g/mol. The van der Waals surface area contributed by atoms with Gasteiger partial charge in [0.25, 0.3) is 0 Å². The molecule has 2 aromatic carbocycles. The Labute approximate surface area is 126 Å². The topological polar surface area (TPSA) is 12.9 Å². The third kappa shape index (κ3) is 2.60. The number of hydrogen-bond donors (Lipinski definition) is 0. The van der Waals surface area contributed by atoms with Crippen LogP contribution in [0.5, 0.6) is 0 Å². The molecule has 0 unspecified atom stereocenters. The van der Waals surface area contributed by atoms with Crippen LogP contribution in [-0.2, 0) is 0 Å². The summed E-state index contributed by atoms with van der Waals surface area (Å²) in [5.74, 6) is -1.62. The first-order valence-corrected chi connectivity index (χ1v) is 6.72. The van der Waals surface area contributed by atoms with Crippen molar-refractivity contribution >= 4 is 0 Å². The van der Waals surface area contributed by atoms with Gasteiger partial charge in [0.1, 0.15) is 17.5 Å². The van der Waals surface area contributed by atoms with Crippen molar-refractivity contribution < 1.29 is 13.2 Å². The number of rotatable bonds is 2. The molecule has 1 aromatic heterocycles. The maximum atomic E-state index is 13.8. The lowest BCUT2D eigenvalue weighted by Gasteiger charge is -2.11. The first-order valence-electron chi connectivity index (χ1n) is 6.72. The average molecular weight is 299 g/mol. The lowest BCUT2D eigenvalue weighted by Crippen LogP contribution is -1.93. The van der Waals surface area contributed by atoms with Crippen LogP contribution in [0, 0.1) is 24.4 Å². The fourth-order valence-corrected chi connectivity index (χ4v) is 2.33. The Kier molecular flexibility index (Phi) is 3.67. The summed E-state index contributed by atoms with van der Waals surface area (Å²) < 4.78 is 41.0. The molecule has 0 amide bonds. The minimum absolute atomic E-state index is 0.0278. The first-order chi connectivity index (χ1) is 10.6. The van der Waals surface area contributed by atoms with E-state index in [0.717, 1.165) is 0 Å². The van der Waals surface area contributed by atoms with Gasteiger partial charge >= 0.3 is 0 Å². The van der Waals surface area contributed by atoms with Crippen LogP contribution in [0.1, 0.15) is 5.56 Å². The van der Waals surface area contributed by atoms with Gasteiger partial charge in [-0.25, -0.2) is 13.2 Å². The zero-order chi connectivity index (χ0) is 15.7. The summed E-state index contributed by atoms with van der Waals surface area (Å²) in [7, 11) is 0. The molecule has 22 heavy (non-hydrogen) atoms. The van der Waals surface area contributed by atoms with E-state index in [1.54, 1.807) is 24.4 Å². The second-order valence-corrected chi connectivity index (χ2v) is 5.00. The van der Waals surface area contributed by atoms with Gasteiger partial charge in [-0.15, -0.1) is 0 Å². The van der Waals surface area contributed by atoms with Crippen LogP contribution in [0.25, 0.3) is 22.3 Å². The number of hydrogen-bond acceptors (Lipinski definition) is 1. The summed E-state index contributed by atoms with van der Waals surface area (Å²) in [5, 5.41) is 0. The first kappa shape index (κ1) is 14.3. The molecular formula is C18H12F3N. The summed E-state index contributed by atoms with van der Waals surface area (Å²) in [6, 6.07) is 10.3. The Morgan fingerprint density at radius 1 is 0.818 bits per heavy atom. The molecule has 4 heteroatoms. The van der Waals surface area contributed by atoms with Crippen LogP contribution in [0.3, 0.4) is 0 Å². The molecule has 110 valence electrons. The third-order valence-electron chi connectivity index (χ3n) is 3.55. The Balaban J connectivity index is 2.21. The van der Waals surface area contributed by atoms with Gasteiger partial charge in [0, 0.05) is 23.5 Å². The molecule has 1 nitrogen and oxygen atoms in total. The minimum atomic E-state index is -0.621. The van der Waals surface area contributed by atoms with Crippen molar-refractivity contribution in [2.45, 2.75) is 6.92 Å². The molecule has 1 heterocycles. The molecule has 0 atom stereocenters. The maximum absolute atomic E-state index is 13.8. The van der Waals surface area contributed by atoms with Crippen molar-refractivity contribution in [3.05, 3.63) is 77.9 Å². The van der Waals surface area contributed by atoms with Gasteiger partial charge in [-0.3, -0.25) is 4.98 Å². The highest BCUT2D eigenvalue weighted by Crippen LogP contribution is 2.33. The normalized spacial score (nSPS) is 10.7. The SMILES string of the molecule is Cc1c(F)cc(-c2cnccc2-c2cccc(F)c2)cc1F. The summed E-state index contributed by atoms with van der Waals surface area (Å²) >= 11 is 0. The maximum Gasteiger partial charge on any atom is 0.129 e. The molecule has 0 fully saturated rings. The quantitative estimate of drug-likeness (QED) is 0.638. The van der Waals surface area contributed by atoms with E-state index >= 15 is 0 Å². The predicted molar refractivity (Wildman–Crippen MR) is 79.7 cm³/mol. The van der Waals surface area contributed by atoms with E-state index < -0.39 is 11.6 Å². The van der Waals surface area contributed by atoms with Crippen LogP contribution in [0.4, 0.5) is 13.2 Å². The van der Waals surface area contributed by atoms with E-state index in [2.05, 4.69) is 4.98 Å². The highest BCUT2D eigenvalue weighted by molar-refractivity contribution is 5.82. The monoisotopic (exact) mass is 299 g/mol. The summed E-state index contributed by atoms with van der Waals surface area (Å²) in [5.41, 5.74) is 2.18. The highest BCUT2D eigenvalue weighted by atomic mass is 19.1. The average Bonchev–Trinajstić information content (AvgIpc) is 2.52. The van der Waals surface area contributed by atoms with Crippen LogP contribution >= 0.6 is 0 Å². The second kappa shape index (κ2) is 5.64. The largest absolute Gasteiger partial charge is 0.264 e. The molecule has 0 aliphatic heterocycles. The summed E-state index contributed by atoms with van der Waals surface area (Å²) in [6.45, 7) is 1.38. The molecule has 0 aliphatic rings. The lowest BCUT2D eigenvalue weighted by molar-refractivity contribution is 0.569. The van der Waals surface area contributed by atoms with E-state index in [0.29, 0.717) is 22.3 Å². The predicted octanol–water partition coefficient (Wildman–Crippen LogP) is 5.14. The molecule has 0 aliphatic carbocycles. The van der Waals surface area contributed by atoms with Gasteiger partial charge in [0.2, 0.25) is 0 Å². The summed E-state index contributed by atoms with van der Waals surface area (Å²) in [4.78, 5) is 4.01. The minimum Gasteiger partial charge on any atom is -0.264 e. The Bertz CT molecular complexity index is 820. The van der Waals surface area contributed by atoms with Crippen LogP contribution in [0.2, 0.25) is 0 Å².